The number of benzene rings is 1. The van der Waals surface area contributed by atoms with Gasteiger partial charge < -0.3 is 4.74 Å². The topological polar surface area (TPSA) is 78.3 Å². The van der Waals surface area contributed by atoms with E-state index >= 15 is 0 Å². The van der Waals surface area contributed by atoms with Gasteiger partial charge in [0.25, 0.3) is 0 Å². The number of azide groups is 1. The molecule has 102 valence electrons. The van der Waals surface area contributed by atoms with Gasteiger partial charge in [-0.25, -0.2) is 4.79 Å². The molecule has 1 aliphatic heterocycles. The van der Waals surface area contributed by atoms with Gasteiger partial charge in [0.2, 0.25) is 0 Å². The summed E-state index contributed by atoms with van der Waals surface area (Å²) in [5.41, 5.74) is 8.30. The lowest BCUT2D eigenvalue weighted by Crippen LogP contribution is -2.24. The number of nitrogens with zero attached hydrogens (tertiary/aromatic N) is 4. The monoisotopic (exact) mass is 352 g/mol. The average Bonchev–Trinajstić information content (AvgIpc) is 3.00. The molecule has 8 heteroatoms. The zero-order valence-electron chi connectivity index (χ0n) is 10.2. The van der Waals surface area contributed by atoms with E-state index in [1.54, 1.807) is 4.90 Å². The minimum Gasteiger partial charge on any atom is -0.444 e. The van der Waals surface area contributed by atoms with Crippen LogP contribution in [0.4, 0.5) is 9.80 Å². The number of thiophene rings is 1. The number of fused-ring (bicyclic) bond motifs is 1. The number of rotatable bonds is 3. The predicted octanol–water partition coefficient (Wildman–Crippen LogP) is 4.30. The number of ether oxygens (including phenoxy) is 1. The predicted molar refractivity (Wildman–Crippen MR) is 81.2 cm³/mol. The molecule has 2 aromatic rings. The second kappa shape index (κ2) is 5.32. The van der Waals surface area contributed by atoms with E-state index in [0.29, 0.717) is 6.54 Å². The summed E-state index contributed by atoms with van der Waals surface area (Å²) >= 11 is 5.03. The van der Waals surface area contributed by atoms with Crippen LogP contribution in [-0.2, 0) is 4.74 Å². The van der Waals surface area contributed by atoms with Gasteiger partial charge in [-0.1, -0.05) is 27.1 Å². The molecule has 0 spiro atoms. The molecule has 0 aliphatic carbocycles. The first-order chi connectivity index (χ1) is 9.69. The molecule has 1 fully saturated rings. The molecule has 1 amide bonds. The van der Waals surface area contributed by atoms with Crippen molar-refractivity contribution in [3.8, 4) is 0 Å². The number of anilines is 1. The molecule has 1 saturated heterocycles. The lowest BCUT2D eigenvalue weighted by atomic mass is 10.2. The summed E-state index contributed by atoms with van der Waals surface area (Å²) in [6.07, 6.45) is -0.780. The number of carbonyl (C=O) groups excluding carboxylic acids is 1. The number of carbonyl (C=O) groups is 1. The molecule has 1 atom stereocenters. The average molecular weight is 353 g/mol. The van der Waals surface area contributed by atoms with E-state index < -0.39 is 6.09 Å². The van der Waals surface area contributed by atoms with Crippen LogP contribution in [-0.4, -0.2) is 25.3 Å². The van der Waals surface area contributed by atoms with E-state index in [4.69, 9.17) is 10.3 Å². The first-order valence-electron chi connectivity index (χ1n) is 5.86. The number of halogens is 1. The van der Waals surface area contributed by atoms with Crippen molar-refractivity contribution in [2.45, 2.75) is 6.10 Å². The second-order valence-corrected chi connectivity index (χ2v) is 6.18. The second-order valence-electron chi connectivity index (χ2n) is 4.27. The molecule has 0 bridgehead atoms. The van der Waals surface area contributed by atoms with Crippen LogP contribution >= 0.6 is 27.3 Å². The molecule has 3 rings (SSSR count). The van der Waals surface area contributed by atoms with E-state index in [-0.39, 0.29) is 12.6 Å². The SMILES string of the molecule is [N-]=[N+]=NC[C@H]1CN(c2cc3c(Br)cccc3s2)C(=O)O1. The Kier molecular flexibility index (Phi) is 3.52. The Morgan fingerprint density at radius 1 is 1.60 bits per heavy atom. The largest absolute Gasteiger partial charge is 0.444 e. The summed E-state index contributed by atoms with van der Waals surface area (Å²) < 4.78 is 7.27. The van der Waals surface area contributed by atoms with Crippen molar-refractivity contribution in [2.75, 3.05) is 18.0 Å². The van der Waals surface area contributed by atoms with Crippen LogP contribution < -0.4 is 4.90 Å². The van der Waals surface area contributed by atoms with E-state index in [1.165, 1.54) is 11.3 Å². The van der Waals surface area contributed by atoms with E-state index in [0.717, 1.165) is 19.6 Å². The lowest BCUT2D eigenvalue weighted by molar-refractivity contribution is 0.145. The Morgan fingerprint density at radius 2 is 2.45 bits per heavy atom. The van der Waals surface area contributed by atoms with E-state index in [2.05, 4.69) is 26.0 Å². The van der Waals surface area contributed by atoms with E-state index in [9.17, 15) is 4.79 Å². The van der Waals surface area contributed by atoms with Crippen LogP contribution in [0, 0.1) is 0 Å². The number of amides is 1. The Balaban J connectivity index is 1.89. The Morgan fingerprint density at radius 3 is 3.20 bits per heavy atom. The molecule has 2 heterocycles. The molecule has 0 N–H and O–H groups in total. The molecule has 20 heavy (non-hydrogen) atoms. The Bertz CT molecular complexity index is 725. The van der Waals surface area contributed by atoms with Crippen molar-refractivity contribution in [1.29, 1.82) is 0 Å². The summed E-state index contributed by atoms with van der Waals surface area (Å²) in [6, 6.07) is 7.89. The number of cyclic esters (lactones) is 1. The van der Waals surface area contributed by atoms with Gasteiger partial charge in [0.15, 0.2) is 0 Å². The minimum absolute atomic E-state index is 0.160. The molecule has 1 aromatic heterocycles. The van der Waals surface area contributed by atoms with Gasteiger partial charge in [-0.3, -0.25) is 4.90 Å². The van der Waals surface area contributed by atoms with Gasteiger partial charge >= 0.3 is 6.09 Å². The van der Waals surface area contributed by atoms with Crippen molar-refractivity contribution < 1.29 is 9.53 Å². The fourth-order valence-corrected chi connectivity index (χ4v) is 3.77. The highest BCUT2D eigenvalue weighted by atomic mass is 79.9. The number of hydrogen-bond donors (Lipinski definition) is 0. The summed E-state index contributed by atoms with van der Waals surface area (Å²) in [4.78, 5) is 16.1. The van der Waals surface area contributed by atoms with Crippen molar-refractivity contribution >= 4 is 48.4 Å². The van der Waals surface area contributed by atoms with Crippen LogP contribution in [0.3, 0.4) is 0 Å². The first-order valence-corrected chi connectivity index (χ1v) is 7.47. The van der Waals surface area contributed by atoms with Crippen LogP contribution in [0.1, 0.15) is 0 Å². The van der Waals surface area contributed by atoms with Crippen LogP contribution in [0.5, 0.6) is 0 Å². The first kappa shape index (κ1) is 13.2. The maximum Gasteiger partial charge on any atom is 0.415 e. The molecule has 0 saturated carbocycles. The van der Waals surface area contributed by atoms with Gasteiger partial charge in [-0.05, 0) is 23.7 Å². The highest BCUT2D eigenvalue weighted by Crippen LogP contribution is 2.37. The van der Waals surface area contributed by atoms with E-state index in [1.807, 2.05) is 24.3 Å². The molecular formula is C12H9BrN4O2S. The van der Waals surface area contributed by atoms with Crippen LogP contribution in [0.25, 0.3) is 20.5 Å². The molecular weight excluding hydrogens is 344 g/mol. The lowest BCUT2D eigenvalue weighted by Gasteiger charge is -2.08. The van der Waals surface area contributed by atoms with Crippen molar-refractivity contribution in [3.05, 3.63) is 39.2 Å². The third-order valence-electron chi connectivity index (χ3n) is 2.98. The Hall–Kier alpha value is -1.76. The van der Waals surface area contributed by atoms with Crippen LogP contribution in [0.15, 0.2) is 33.9 Å². The molecule has 0 radical (unpaired) electrons. The standard InChI is InChI=1S/C12H9BrN4O2S/c13-9-2-1-3-10-8(9)4-11(20-10)17-6-7(5-15-16-14)19-12(17)18/h1-4,7H,5-6H2/t7-/m0/s1. The van der Waals surface area contributed by atoms with Crippen molar-refractivity contribution in [2.24, 2.45) is 5.11 Å². The minimum atomic E-state index is -0.397. The smallest absolute Gasteiger partial charge is 0.415 e. The van der Waals surface area contributed by atoms with Crippen molar-refractivity contribution in [1.82, 2.24) is 0 Å². The summed E-state index contributed by atoms with van der Waals surface area (Å²) in [5.74, 6) is 0. The third-order valence-corrected chi connectivity index (χ3v) is 4.80. The highest BCUT2D eigenvalue weighted by Gasteiger charge is 2.32. The normalized spacial score (nSPS) is 18.1. The maximum absolute atomic E-state index is 11.9. The molecule has 1 aliphatic rings. The maximum atomic E-state index is 11.9. The van der Waals surface area contributed by atoms with Gasteiger partial charge in [0.05, 0.1) is 13.1 Å². The highest BCUT2D eigenvalue weighted by molar-refractivity contribution is 9.10. The fourth-order valence-electron chi connectivity index (χ4n) is 2.07. The zero-order chi connectivity index (χ0) is 14.1. The van der Waals surface area contributed by atoms with Gasteiger partial charge in [0, 0.05) is 19.5 Å². The fraction of sp³-hybridized carbons (Fsp3) is 0.250. The van der Waals surface area contributed by atoms with Gasteiger partial charge in [-0.15, -0.1) is 11.3 Å². The zero-order valence-corrected chi connectivity index (χ0v) is 12.6. The van der Waals surface area contributed by atoms with Gasteiger partial charge in [0.1, 0.15) is 11.1 Å². The van der Waals surface area contributed by atoms with Crippen LogP contribution in [0.2, 0.25) is 0 Å². The summed E-state index contributed by atoms with van der Waals surface area (Å²) in [7, 11) is 0. The Labute approximate surface area is 126 Å². The quantitative estimate of drug-likeness (QED) is 0.468. The summed E-state index contributed by atoms with van der Waals surface area (Å²) in [6.45, 7) is 0.565. The molecule has 1 aromatic carbocycles. The van der Waals surface area contributed by atoms with Gasteiger partial charge in [-0.2, -0.15) is 0 Å². The van der Waals surface area contributed by atoms with Crippen molar-refractivity contribution in [3.63, 3.8) is 0 Å². The molecule has 0 unspecified atom stereocenters. The summed E-state index contributed by atoms with van der Waals surface area (Å²) in [5, 5.41) is 5.35. The molecule has 6 nitrogen and oxygen atoms in total. The third kappa shape index (κ3) is 2.33. The number of hydrogen-bond acceptors (Lipinski definition) is 4.